The lowest BCUT2D eigenvalue weighted by atomic mass is 10.2. The summed E-state index contributed by atoms with van der Waals surface area (Å²) in [4.78, 5) is 12.1. The highest BCUT2D eigenvalue weighted by Crippen LogP contribution is 2.05. The van der Waals surface area contributed by atoms with Crippen LogP contribution in [0, 0.1) is 0 Å². The van der Waals surface area contributed by atoms with E-state index in [0.717, 1.165) is 29.7 Å². The third-order valence-corrected chi connectivity index (χ3v) is 2.99. The van der Waals surface area contributed by atoms with Crippen LogP contribution < -0.4 is 5.32 Å². The van der Waals surface area contributed by atoms with Crippen molar-refractivity contribution in [2.75, 3.05) is 5.33 Å². The molecule has 1 unspecified atom stereocenters. The number of nitrogens with zero attached hydrogens (tertiary/aromatic N) is 2. The summed E-state index contributed by atoms with van der Waals surface area (Å²) in [6, 6.07) is 0.226. The van der Waals surface area contributed by atoms with Crippen molar-refractivity contribution in [1.82, 2.24) is 14.9 Å². The summed E-state index contributed by atoms with van der Waals surface area (Å²) in [6.07, 6.45) is 3.36. The zero-order chi connectivity index (χ0) is 10.4. The van der Waals surface area contributed by atoms with Crippen LogP contribution in [0.1, 0.15) is 29.4 Å². The highest BCUT2D eigenvalue weighted by molar-refractivity contribution is 9.09. The zero-order valence-corrected chi connectivity index (χ0v) is 10.3. The maximum atomic E-state index is 11.6. The first kappa shape index (κ1) is 11.6. The fourth-order valence-corrected chi connectivity index (χ4v) is 2.00. The molecular formula is C8H12BrN3OS. The lowest BCUT2D eigenvalue weighted by Gasteiger charge is -2.14. The van der Waals surface area contributed by atoms with Crippen molar-refractivity contribution in [1.29, 1.82) is 0 Å². The van der Waals surface area contributed by atoms with Crippen molar-refractivity contribution in [3.05, 3.63) is 11.1 Å². The molecular weight excluding hydrogens is 266 g/mol. The molecule has 0 aliphatic heterocycles. The fourth-order valence-electron chi connectivity index (χ4n) is 1.03. The molecule has 1 atom stereocenters. The Labute approximate surface area is 95.4 Å². The van der Waals surface area contributed by atoms with Crippen molar-refractivity contribution >= 4 is 33.4 Å². The monoisotopic (exact) mass is 277 g/mol. The number of hydrogen-bond acceptors (Lipinski definition) is 4. The number of nitrogens with one attached hydrogen (secondary N) is 1. The van der Waals surface area contributed by atoms with E-state index in [-0.39, 0.29) is 11.9 Å². The highest BCUT2D eigenvalue weighted by atomic mass is 79.9. The van der Waals surface area contributed by atoms with E-state index in [1.165, 1.54) is 6.20 Å². The van der Waals surface area contributed by atoms with Gasteiger partial charge in [-0.15, -0.1) is 5.10 Å². The number of hydrogen-bond donors (Lipinski definition) is 1. The van der Waals surface area contributed by atoms with Gasteiger partial charge < -0.3 is 5.32 Å². The first-order valence-corrected chi connectivity index (χ1v) is 6.31. The standard InChI is InChI=1S/C8H12BrN3OS/c1-2-6(3-4-9)11-8(13)7-5-10-12-14-7/h5-6H,2-4H2,1H3,(H,11,13). The second-order valence-corrected chi connectivity index (χ2v) is 4.42. The minimum Gasteiger partial charge on any atom is -0.348 e. The van der Waals surface area contributed by atoms with E-state index in [0.29, 0.717) is 4.88 Å². The highest BCUT2D eigenvalue weighted by Gasteiger charge is 2.12. The van der Waals surface area contributed by atoms with E-state index < -0.39 is 0 Å². The summed E-state index contributed by atoms with van der Waals surface area (Å²) in [5, 5.41) is 7.45. The Balaban J connectivity index is 2.47. The van der Waals surface area contributed by atoms with Crippen LogP contribution in [0.4, 0.5) is 0 Å². The normalized spacial score (nSPS) is 12.4. The van der Waals surface area contributed by atoms with Crippen LogP contribution in [0.3, 0.4) is 0 Å². The molecule has 0 saturated heterocycles. The summed E-state index contributed by atoms with van der Waals surface area (Å²) in [5.41, 5.74) is 0. The Kier molecular flexibility index (Phi) is 5.03. The number of carbonyl (C=O) groups is 1. The Morgan fingerprint density at radius 3 is 3.07 bits per heavy atom. The summed E-state index contributed by atoms with van der Waals surface area (Å²) in [6.45, 7) is 2.05. The van der Waals surface area contributed by atoms with Crippen LogP contribution in [-0.2, 0) is 0 Å². The van der Waals surface area contributed by atoms with Crippen molar-refractivity contribution in [3.8, 4) is 0 Å². The van der Waals surface area contributed by atoms with Crippen LogP contribution in [0.25, 0.3) is 0 Å². The van der Waals surface area contributed by atoms with Gasteiger partial charge in [-0.3, -0.25) is 4.79 Å². The second kappa shape index (κ2) is 6.08. The van der Waals surface area contributed by atoms with Crippen molar-refractivity contribution in [3.63, 3.8) is 0 Å². The van der Waals surface area contributed by atoms with Gasteiger partial charge in [0.1, 0.15) is 4.88 Å². The zero-order valence-electron chi connectivity index (χ0n) is 7.86. The fraction of sp³-hybridized carbons (Fsp3) is 0.625. The number of alkyl halides is 1. The molecule has 0 bridgehead atoms. The second-order valence-electron chi connectivity index (χ2n) is 2.84. The average Bonchev–Trinajstić information content (AvgIpc) is 2.69. The molecule has 1 N–H and O–H groups in total. The first-order valence-electron chi connectivity index (χ1n) is 4.42. The molecule has 0 saturated carbocycles. The molecule has 0 aliphatic carbocycles. The van der Waals surface area contributed by atoms with Gasteiger partial charge in [-0.1, -0.05) is 27.3 Å². The van der Waals surface area contributed by atoms with Crippen LogP contribution >= 0.6 is 27.5 Å². The minimum absolute atomic E-state index is 0.0761. The summed E-state index contributed by atoms with van der Waals surface area (Å²) in [5.74, 6) is -0.0761. The largest absolute Gasteiger partial charge is 0.348 e. The maximum Gasteiger partial charge on any atom is 0.264 e. The molecule has 1 aromatic heterocycles. The van der Waals surface area contributed by atoms with Crippen molar-refractivity contribution < 1.29 is 4.79 Å². The van der Waals surface area contributed by atoms with Gasteiger partial charge in [0.05, 0.1) is 6.20 Å². The molecule has 0 fully saturated rings. The van der Waals surface area contributed by atoms with Gasteiger partial charge in [-0.05, 0) is 24.4 Å². The molecule has 4 nitrogen and oxygen atoms in total. The van der Waals surface area contributed by atoms with E-state index >= 15 is 0 Å². The van der Waals surface area contributed by atoms with E-state index in [1.807, 2.05) is 0 Å². The molecule has 78 valence electrons. The molecule has 0 spiro atoms. The summed E-state index contributed by atoms with van der Waals surface area (Å²) >= 11 is 4.47. The van der Waals surface area contributed by atoms with Gasteiger partial charge in [0, 0.05) is 11.4 Å². The maximum absolute atomic E-state index is 11.6. The Hall–Kier alpha value is -0.490. The molecule has 6 heteroatoms. The van der Waals surface area contributed by atoms with E-state index in [9.17, 15) is 4.79 Å². The predicted octanol–water partition coefficient (Wildman–Crippen LogP) is 1.83. The Morgan fingerprint density at radius 1 is 1.79 bits per heavy atom. The molecule has 1 heterocycles. The number of rotatable bonds is 5. The van der Waals surface area contributed by atoms with Gasteiger partial charge in [0.2, 0.25) is 0 Å². The number of amides is 1. The molecule has 1 amide bonds. The lowest BCUT2D eigenvalue weighted by Crippen LogP contribution is -2.34. The van der Waals surface area contributed by atoms with Gasteiger partial charge in [0.25, 0.3) is 5.91 Å². The van der Waals surface area contributed by atoms with E-state index in [4.69, 9.17) is 0 Å². The molecule has 0 aromatic carbocycles. The van der Waals surface area contributed by atoms with E-state index in [1.54, 1.807) is 0 Å². The van der Waals surface area contributed by atoms with Crippen molar-refractivity contribution in [2.45, 2.75) is 25.8 Å². The average molecular weight is 278 g/mol. The molecule has 0 aliphatic rings. The first-order chi connectivity index (χ1) is 6.77. The lowest BCUT2D eigenvalue weighted by molar-refractivity contribution is 0.0939. The summed E-state index contributed by atoms with van der Waals surface area (Å²) in [7, 11) is 0. The van der Waals surface area contributed by atoms with Crippen molar-refractivity contribution in [2.24, 2.45) is 0 Å². The molecule has 0 radical (unpaired) electrons. The third kappa shape index (κ3) is 3.34. The minimum atomic E-state index is -0.0761. The van der Waals surface area contributed by atoms with Gasteiger partial charge >= 0.3 is 0 Å². The SMILES string of the molecule is CCC(CCBr)NC(=O)c1cnns1. The Morgan fingerprint density at radius 2 is 2.57 bits per heavy atom. The quantitative estimate of drug-likeness (QED) is 0.836. The molecule has 1 aromatic rings. The third-order valence-electron chi connectivity index (χ3n) is 1.87. The predicted molar refractivity (Wildman–Crippen MR) is 59.9 cm³/mol. The van der Waals surface area contributed by atoms with Crippen LogP contribution in [0.5, 0.6) is 0 Å². The van der Waals surface area contributed by atoms with Gasteiger partial charge in [0.15, 0.2) is 0 Å². The van der Waals surface area contributed by atoms with Crippen LogP contribution in [0.2, 0.25) is 0 Å². The van der Waals surface area contributed by atoms with Gasteiger partial charge in [-0.2, -0.15) is 0 Å². The van der Waals surface area contributed by atoms with Gasteiger partial charge in [-0.25, -0.2) is 0 Å². The van der Waals surface area contributed by atoms with Crippen LogP contribution in [-0.4, -0.2) is 26.9 Å². The number of aromatic nitrogens is 2. The van der Waals surface area contributed by atoms with E-state index in [2.05, 4.69) is 37.8 Å². The number of carbonyl (C=O) groups excluding carboxylic acids is 1. The molecule has 1 rings (SSSR count). The summed E-state index contributed by atoms with van der Waals surface area (Å²) < 4.78 is 3.64. The Bertz CT molecular complexity index is 278. The molecule has 14 heavy (non-hydrogen) atoms. The smallest absolute Gasteiger partial charge is 0.264 e. The topological polar surface area (TPSA) is 54.9 Å². The number of halogens is 1. The van der Waals surface area contributed by atoms with Crippen LogP contribution in [0.15, 0.2) is 6.20 Å².